The van der Waals surface area contributed by atoms with Gasteiger partial charge in [0.1, 0.15) is 11.8 Å². The van der Waals surface area contributed by atoms with Crippen molar-refractivity contribution in [2.24, 2.45) is 17.8 Å². The van der Waals surface area contributed by atoms with E-state index in [2.05, 4.69) is 20.1 Å². The number of ether oxygens (including phenoxy) is 1. The van der Waals surface area contributed by atoms with E-state index in [0.29, 0.717) is 26.1 Å². The van der Waals surface area contributed by atoms with Crippen LogP contribution in [0.4, 0.5) is 5.69 Å². The van der Waals surface area contributed by atoms with E-state index in [1.54, 1.807) is 33.7 Å². The number of fused-ring (bicyclic) bond motifs is 1. The standard InChI is InChI=1S/C37H53N3O5S/c1-7-22-38(27-16-18-28(19-17-27)45-10-4)33(42)30-31-34(43)40(29(24-41)25(5)9-3)32(37(31)21-20-36(30,6)46-37)35(44)39(23-8-2)26-14-12-11-13-15-26/h7-8,16-19,25-26,29-32,41H,1-2,9-15,20-24H2,3-6H3/t25-,29-,30-,31-,32?,36+,37?/m0/s1. The molecule has 3 saturated heterocycles. The first kappa shape index (κ1) is 34.6. The third-order valence-electron chi connectivity index (χ3n) is 11.2. The molecule has 4 aliphatic rings. The van der Waals surface area contributed by atoms with Crippen molar-refractivity contribution in [3.63, 3.8) is 0 Å². The van der Waals surface area contributed by atoms with Crippen molar-refractivity contribution in [3.05, 3.63) is 49.6 Å². The number of likely N-dealkylation sites (tertiary alicyclic amines) is 1. The molecule has 1 aromatic carbocycles. The SMILES string of the molecule is C=CCN(C(=O)[C@@H]1[C@H]2C(=O)N([C@@H](CO)[C@@H](C)CC)C(C(=O)N(CC=C)C3CCCCC3)C23CC[C@@]1(C)S3)c1ccc(OCC)cc1. The Morgan fingerprint density at radius 3 is 2.35 bits per heavy atom. The van der Waals surface area contributed by atoms with Gasteiger partial charge in [0, 0.05) is 29.6 Å². The molecule has 5 rings (SSSR count). The van der Waals surface area contributed by atoms with Crippen molar-refractivity contribution in [2.45, 2.75) is 107 Å². The third kappa shape index (κ3) is 5.80. The van der Waals surface area contributed by atoms with Crippen LogP contribution in [0.5, 0.6) is 5.75 Å². The molecule has 9 heteroatoms. The van der Waals surface area contributed by atoms with E-state index in [9.17, 15) is 14.7 Å². The molecule has 252 valence electrons. The number of hydrogen-bond acceptors (Lipinski definition) is 6. The molecule has 1 N–H and O–H groups in total. The highest BCUT2D eigenvalue weighted by molar-refractivity contribution is 8.02. The fraction of sp³-hybridized carbons (Fsp3) is 0.649. The first-order valence-corrected chi connectivity index (χ1v) is 18.1. The minimum atomic E-state index is -0.753. The molecule has 3 heterocycles. The van der Waals surface area contributed by atoms with Crippen molar-refractivity contribution in [2.75, 3.05) is 31.2 Å². The topological polar surface area (TPSA) is 90.4 Å². The summed E-state index contributed by atoms with van der Waals surface area (Å²) in [7, 11) is 0. The molecular formula is C37H53N3O5S. The molecule has 0 aromatic heterocycles. The quantitative estimate of drug-likeness (QED) is 0.254. The monoisotopic (exact) mass is 651 g/mol. The lowest BCUT2D eigenvalue weighted by molar-refractivity contribution is -0.148. The summed E-state index contributed by atoms with van der Waals surface area (Å²) in [6.07, 6.45) is 10.9. The van der Waals surface area contributed by atoms with Gasteiger partial charge in [-0.2, -0.15) is 0 Å². The molecule has 8 nitrogen and oxygen atoms in total. The lowest BCUT2D eigenvalue weighted by atomic mass is 9.66. The van der Waals surface area contributed by atoms with E-state index in [1.165, 1.54) is 6.42 Å². The smallest absolute Gasteiger partial charge is 0.247 e. The number of amides is 3. The lowest BCUT2D eigenvalue weighted by Crippen LogP contribution is -2.60. The van der Waals surface area contributed by atoms with Gasteiger partial charge in [0.15, 0.2) is 0 Å². The van der Waals surface area contributed by atoms with Crippen LogP contribution < -0.4 is 9.64 Å². The van der Waals surface area contributed by atoms with Gasteiger partial charge in [0.2, 0.25) is 17.7 Å². The van der Waals surface area contributed by atoms with Crippen LogP contribution in [0.1, 0.15) is 79.1 Å². The molecule has 1 aliphatic carbocycles. The number of hydrogen-bond donors (Lipinski definition) is 1. The second-order valence-corrected chi connectivity index (χ2v) is 15.7. The van der Waals surface area contributed by atoms with Gasteiger partial charge in [-0.05, 0) is 69.7 Å². The molecule has 3 amide bonds. The molecular weight excluding hydrogens is 598 g/mol. The number of rotatable bonds is 14. The second-order valence-electron chi connectivity index (χ2n) is 13.8. The van der Waals surface area contributed by atoms with Gasteiger partial charge in [0.25, 0.3) is 0 Å². The number of aliphatic hydroxyl groups excluding tert-OH is 1. The van der Waals surface area contributed by atoms with Crippen molar-refractivity contribution in [3.8, 4) is 5.75 Å². The Balaban J connectivity index is 1.59. The van der Waals surface area contributed by atoms with Crippen LogP contribution in [0.2, 0.25) is 0 Å². The van der Waals surface area contributed by atoms with Gasteiger partial charge in [-0.15, -0.1) is 24.9 Å². The van der Waals surface area contributed by atoms with Gasteiger partial charge in [-0.3, -0.25) is 14.4 Å². The third-order valence-corrected chi connectivity index (χ3v) is 13.2. The van der Waals surface area contributed by atoms with Gasteiger partial charge >= 0.3 is 0 Å². The van der Waals surface area contributed by atoms with Crippen LogP contribution >= 0.6 is 11.8 Å². The molecule has 1 aromatic rings. The highest BCUT2D eigenvalue weighted by Gasteiger charge is 2.78. The summed E-state index contributed by atoms with van der Waals surface area (Å²) < 4.78 is 4.37. The van der Waals surface area contributed by atoms with Crippen LogP contribution in [0.3, 0.4) is 0 Å². The number of carbonyl (C=O) groups excluding carboxylic acids is 3. The largest absolute Gasteiger partial charge is 0.494 e. The van der Waals surface area contributed by atoms with E-state index >= 15 is 4.79 Å². The van der Waals surface area contributed by atoms with E-state index in [-0.39, 0.29) is 36.3 Å². The first-order valence-electron chi connectivity index (χ1n) is 17.3. The number of anilines is 1. The van der Waals surface area contributed by atoms with E-state index in [4.69, 9.17) is 4.74 Å². The maximum absolute atomic E-state index is 15.0. The Kier molecular flexibility index (Phi) is 10.6. The molecule has 4 fully saturated rings. The highest BCUT2D eigenvalue weighted by atomic mass is 32.2. The van der Waals surface area contributed by atoms with Crippen molar-refractivity contribution in [1.82, 2.24) is 9.80 Å². The average Bonchev–Trinajstić information content (AvgIpc) is 3.64. The molecule has 2 bridgehead atoms. The maximum Gasteiger partial charge on any atom is 0.247 e. The van der Waals surface area contributed by atoms with Crippen LogP contribution in [0, 0.1) is 17.8 Å². The Labute approximate surface area is 279 Å². The summed E-state index contributed by atoms with van der Waals surface area (Å²) in [5.41, 5.74) is 0.719. The zero-order chi connectivity index (χ0) is 33.2. The summed E-state index contributed by atoms with van der Waals surface area (Å²) in [6.45, 7) is 17.1. The number of aliphatic hydroxyl groups is 1. The number of nitrogens with zero attached hydrogens (tertiary/aromatic N) is 3. The number of thioether (sulfide) groups is 1. The van der Waals surface area contributed by atoms with Crippen molar-refractivity contribution >= 4 is 35.2 Å². The van der Waals surface area contributed by atoms with E-state index in [0.717, 1.165) is 50.0 Å². The molecule has 1 saturated carbocycles. The fourth-order valence-electron chi connectivity index (χ4n) is 8.81. The van der Waals surface area contributed by atoms with Gasteiger partial charge < -0.3 is 24.5 Å². The predicted octanol–water partition coefficient (Wildman–Crippen LogP) is 5.84. The summed E-state index contributed by atoms with van der Waals surface area (Å²) >= 11 is 1.69. The molecule has 46 heavy (non-hydrogen) atoms. The molecule has 2 unspecified atom stereocenters. The normalized spacial score (nSPS) is 30.1. The highest BCUT2D eigenvalue weighted by Crippen LogP contribution is 2.72. The summed E-state index contributed by atoms with van der Waals surface area (Å²) in [6, 6.07) is 6.31. The average molecular weight is 652 g/mol. The number of carbonyl (C=O) groups is 3. The second kappa shape index (κ2) is 14.1. The van der Waals surface area contributed by atoms with Gasteiger partial charge in [0.05, 0.1) is 35.8 Å². The molecule has 7 atom stereocenters. The van der Waals surface area contributed by atoms with E-state index in [1.807, 2.05) is 49.9 Å². The van der Waals surface area contributed by atoms with Crippen molar-refractivity contribution in [1.29, 1.82) is 0 Å². The molecule has 3 aliphatic heterocycles. The minimum Gasteiger partial charge on any atom is -0.494 e. The lowest BCUT2D eigenvalue weighted by Gasteiger charge is -2.43. The summed E-state index contributed by atoms with van der Waals surface area (Å²) in [4.78, 5) is 50.3. The van der Waals surface area contributed by atoms with Crippen LogP contribution in [0.15, 0.2) is 49.6 Å². The van der Waals surface area contributed by atoms with Gasteiger partial charge in [-0.25, -0.2) is 0 Å². The van der Waals surface area contributed by atoms with Crippen LogP contribution in [-0.2, 0) is 14.4 Å². The maximum atomic E-state index is 15.0. The fourth-order valence-corrected chi connectivity index (χ4v) is 11.1. The minimum absolute atomic E-state index is 0.0185. The molecule has 0 radical (unpaired) electrons. The predicted molar refractivity (Wildman–Crippen MR) is 185 cm³/mol. The number of benzene rings is 1. The zero-order valence-electron chi connectivity index (χ0n) is 28.2. The van der Waals surface area contributed by atoms with Crippen LogP contribution in [-0.4, -0.2) is 86.6 Å². The van der Waals surface area contributed by atoms with Crippen molar-refractivity contribution < 1.29 is 24.2 Å². The van der Waals surface area contributed by atoms with Crippen LogP contribution in [0.25, 0.3) is 0 Å². The van der Waals surface area contributed by atoms with E-state index < -0.39 is 33.4 Å². The van der Waals surface area contributed by atoms with Gasteiger partial charge in [-0.1, -0.05) is 51.7 Å². The zero-order valence-corrected chi connectivity index (χ0v) is 29.0. The Morgan fingerprint density at radius 2 is 1.76 bits per heavy atom. The Morgan fingerprint density at radius 1 is 1.09 bits per heavy atom. The Bertz CT molecular complexity index is 1300. The summed E-state index contributed by atoms with van der Waals surface area (Å²) in [5.74, 6) is -0.916. The Hall–Kier alpha value is -2.78. The summed E-state index contributed by atoms with van der Waals surface area (Å²) in [5, 5.41) is 10.8. The first-order chi connectivity index (χ1) is 22.1. The molecule has 1 spiro atoms.